The van der Waals surface area contributed by atoms with E-state index in [0.29, 0.717) is 0 Å². The highest BCUT2D eigenvalue weighted by atomic mass is 32.1. The molecule has 0 aliphatic carbocycles. The summed E-state index contributed by atoms with van der Waals surface area (Å²) in [7, 11) is 2.09. The third-order valence-electron chi connectivity index (χ3n) is 1.71. The van der Waals surface area contributed by atoms with Crippen LogP contribution in [-0.4, -0.2) is 4.98 Å². The topological polar surface area (TPSA) is 16.8 Å². The van der Waals surface area contributed by atoms with Crippen molar-refractivity contribution < 1.29 is 4.57 Å². The molecule has 2 heterocycles. The molecule has 58 valence electrons. The maximum absolute atomic E-state index is 4.41. The highest BCUT2D eigenvalue weighted by molar-refractivity contribution is 7.25. The van der Waals surface area contributed by atoms with Crippen molar-refractivity contribution in [3.05, 3.63) is 10.0 Å². The van der Waals surface area contributed by atoms with Crippen LogP contribution in [0.25, 0.3) is 9.66 Å². The van der Waals surface area contributed by atoms with Crippen LogP contribution < -0.4 is 4.57 Å². The molecule has 0 aliphatic heterocycles. The van der Waals surface area contributed by atoms with E-state index in [1.54, 1.807) is 22.7 Å². The van der Waals surface area contributed by atoms with Crippen LogP contribution in [0.3, 0.4) is 0 Å². The van der Waals surface area contributed by atoms with Gasteiger partial charge < -0.3 is 0 Å². The van der Waals surface area contributed by atoms with Crippen molar-refractivity contribution in [2.45, 2.75) is 13.8 Å². The van der Waals surface area contributed by atoms with E-state index in [0.717, 1.165) is 5.01 Å². The molecule has 0 saturated carbocycles. The number of hydrogen-bond acceptors (Lipinski definition) is 3. The molecule has 2 aromatic heterocycles. The van der Waals surface area contributed by atoms with E-state index in [1.165, 1.54) is 14.7 Å². The van der Waals surface area contributed by atoms with Gasteiger partial charge in [0.15, 0.2) is 0 Å². The first kappa shape index (κ1) is 7.18. The van der Waals surface area contributed by atoms with Gasteiger partial charge in [-0.2, -0.15) is 4.57 Å². The summed E-state index contributed by atoms with van der Waals surface area (Å²) in [5.74, 6) is 0. The predicted molar refractivity (Wildman–Crippen MR) is 48.1 cm³/mol. The molecule has 0 N–H and O–H groups in total. The molecule has 2 rings (SSSR count). The van der Waals surface area contributed by atoms with Crippen molar-refractivity contribution >= 4 is 32.3 Å². The average Bonchev–Trinajstić information content (AvgIpc) is 2.37. The fourth-order valence-electron chi connectivity index (χ4n) is 1.03. The summed E-state index contributed by atoms with van der Waals surface area (Å²) in [5.41, 5.74) is 0. The van der Waals surface area contributed by atoms with Crippen LogP contribution in [-0.2, 0) is 7.05 Å². The van der Waals surface area contributed by atoms with Crippen molar-refractivity contribution in [1.82, 2.24) is 4.98 Å². The third-order valence-corrected chi connectivity index (χ3v) is 3.93. The molecule has 4 heteroatoms. The zero-order chi connectivity index (χ0) is 8.01. The molecular formula is C7H9N2S2+. The minimum absolute atomic E-state index is 1.15. The minimum Gasteiger partial charge on any atom is -0.224 e. The smallest absolute Gasteiger partial charge is 0.224 e. The Morgan fingerprint density at radius 1 is 1.27 bits per heavy atom. The van der Waals surface area contributed by atoms with Gasteiger partial charge in [-0.1, -0.05) is 11.3 Å². The second kappa shape index (κ2) is 2.25. The number of aryl methyl sites for hydroxylation is 3. The number of fused-ring (bicyclic) bond motifs is 1. The van der Waals surface area contributed by atoms with E-state index >= 15 is 0 Å². The van der Waals surface area contributed by atoms with Crippen LogP contribution in [0.1, 0.15) is 10.0 Å². The van der Waals surface area contributed by atoms with Gasteiger partial charge in [0, 0.05) is 6.92 Å². The standard InChI is InChI=1S/C7H9N2S2/c1-4-8-6-7(10-4)9(3)5(2)11-6/h1-3H3/q+1. The van der Waals surface area contributed by atoms with Crippen LogP contribution >= 0.6 is 22.7 Å². The van der Waals surface area contributed by atoms with E-state index < -0.39 is 0 Å². The van der Waals surface area contributed by atoms with E-state index in [4.69, 9.17) is 0 Å². The molecule has 0 saturated heterocycles. The van der Waals surface area contributed by atoms with Crippen molar-refractivity contribution in [3.8, 4) is 0 Å². The first-order valence-corrected chi connectivity index (χ1v) is 5.04. The van der Waals surface area contributed by atoms with Crippen molar-refractivity contribution in [3.63, 3.8) is 0 Å². The lowest BCUT2D eigenvalue weighted by atomic mass is 10.7. The molecule has 2 nitrogen and oxygen atoms in total. The van der Waals surface area contributed by atoms with Gasteiger partial charge in [0.25, 0.3) is 0 Å². The molecule has 0 spiro atoms. The zero-order valence-corrected chi connectivity index (χ0v) is 8.34. The highest BCUT2D eigenvalue weighted by Crippen LogP contribution is 2.23. The molecule has 0 bridgehead atoms. The Balaban J connectivity index is 2.88. The normalized spacial score (nSPS) is 11.2. The van der Waals surface area contributed by atoms with E-state index in [2.05, 4.69) is 23.5 Å². The molecule has 2 aromatic rings. The van der Waals surface area contributed by atoms with Gasteiger partial charge in [-0.15, -0.1) is 0 Å². The van der Waals surface area contributed by atoms with E-state index in [9.17, 15) is 0 Å². The predicted octanol–water partition coefficient (Wildman–Crippen LogP) is 1.80. The lowest BCUT2D eigenvalue weighted by Gasteiger charge is -1.78. The number of aromatic nitrogens is 2. The molecule has 0 atom stereocenters. The van der Waals surface area contributed by atoms with Crippen LogP contribution in [0.4, 0.5) is 0 Å². The molecular weight excluding hydrogens is 176 g/mol. The number of rotatable bonds is 0. The number of thiazole rings is 2. The van der Waals surface area contributed by atoms with Gasteiger partial charge in [-0.3, -0.25) is 0 Å². The Hall–Kier alpha value is -0.480. The van der Waals surface area contributed by atoms with Crippen LogP contribution in [0.2, 0.25) is 0 Å². The lowest BCUT2D eigenvalue weighted by molar-refractivity contribution is -0.644. The molecule has 0 aromatic carbocycles. The Kier molecular flexibility index (Phi) is 1.47. The molecule has 0 fully saturated rings. The highest BCUT2D eigenvalue weighted by Gasteiger charge is 2.16. The summed E-state index contributed by atoms with van der Waals surface area (Å²) in [6, 6.07) is 0. The fourth-order valence-corrected chi connectivity index (χ4v) is 3.13. The quantitative estimate of drug-likeness (QED) is 0.572. The summed E-state index contributed by atoms with van der Waals surface area (Å²) < 4.78 is 2.20. The summed E-state index contributed by atoms with van der Waals surface area (Å²) in [6.45, 7) is 4.17. The Morgan fingerprint density at radius 3 is 2.64 bits per heavy atom. The fraction of sp³-hybridized carbons (Fsp3) is 0.429. The first-order valence-electron chi connectivity index (χ1n) is 3.41. The van der Waals surface area contributed by atoms with Gasteiger partial charge >= 0.3 is 4.83 Å². The summed E-state index contributed by atoms with van der Waals surface area (Å²) in [6.07, 6.45) is 0. The lowest BCUT2D eigenvalue weighted by Crippen LogP contribution is -2.27. The van der Waals surface area contributed by atoms with Crippen molar-refractivity contribution in [2.75, 3.05) is 0 Å². The van der Waals surface area contributed by atoms with Crippen LogP contribution in [0.5, 0.6) is 0 Å². The van der Waals surface area contributed by atoms with Gasteiger partial charge in [-0.25, -0.2) is 4.98 Å². The van der Waals surface area contributed by atoms with Gasteiger partial charge in [-0.05, 0) is 18.3 Å². The minimum atomic E-state index is 1.15. The maximum atomic E-state index is 4.41. The second-order valence-electron chi connectivity index (χ2n) is 2.52. The number of hydrogen-bond donors (Lipinski definition) is 0. The first-order chi connectivity index (χ1) is 5.18. The molecule has 0 amide bonds. The Bertz CT molecular complexity index is 400. The Labute approximate surface area is 73.1 Å². The van der Waals surface area contributed by atoms with Crippen LogP contribution in [0.15, 0.2) is 0 Å². The third kappa shape index (κ3) is 0.973. The maximum Gasteiger partial charge on any atom is 0.300 e. The summed E-state index contributed by atoms with van der Waals surface area (Å²) in [4.78, 5) is 6.88. The van der Waals surface area contributed by atoms with Crippen molar-refractivity contribution in [2.24, 2.45) is 7.05 Å². The van der Waals surface area contributed by atoms with Crippen molar-refractivity contribution in [1.29, 1.82) is 0 Å². The molecule has 0 radical (unpaired) electrons. The molecule has 0 aliphatic rings. The molecule has 0 unspecified atom stereocenters. The van der Waals surface area contributed by atoms with Gasteiger partial charge in [0.2, 0.25) is 9.84 Å². The zero-order valence-electron chi connectivity index (χ0n) is 6.71. The molecule has 11 heavy (non-hydrogen) atoms. The van der Waals surface area contributed by atoms with E-state index in [1.807, 2.05) is 6.92 Å². The second-order valence-corrected chi connectivity index (χ2v) is 4.89. The van der Waals surface area contributed by atoms with Gasteiger partial charge in [0.05, 0.1) is 5.01 Å². The Morgan fingerprint density at radius 2 is 2.00 bits per heavy atom. The monoisotopic (exact) mass is 185 g/mol. The SMILES string of the molecule is Cc1nc2sc(C)[n+](C)c2s1. The van der Waals surface area contributed by atoms with Gasteiger partial charge in [0.1, 0.15) is 7.05 Å². The number of nitrogens with zero attached hydrogens (tertiary/aromatic N) is 2. The average molecular weight is 185 g/mol. The van der Waals surface area contributed by atoms with E-state index in [-0.39, 0.29) is 0 Å². The largest absolute Gasteiger partial charge is 0.300 e. The summed E-state index contributed by atoms with van der Waals surface area (Å²) >= 11 is 3.52. The van der Waals surface area contributed by atoms with Crippen LogP contribution in [0, 0.1) is 13.8 Å². The summed E-state index contributed by atoms with van der Waals surface area (Å²) in [5, 5.41) is 2.47.